The zero-order valence-electron chi connectivity index (χ0n) is 15.8. The van der Waals surface area contributed by atoms with E-state index in [1.165, 1.54) is 43.7 Å². The van der Waals surface area contributed by atoms with E-state index in [0.717, 1.165) is 0 Å². The Balaban J connectivity index is 1.68. The maximum atomic E-state index is 12.2. The van der Waals surface area contributed by atoms with Crippen LogP contribution in [0.15, 0.2) is 50.4 Å². The van der Waals surface area contributed by atoms with Crippen LogP contribution in [-0.2, 0) is 9.53 Å². The third-order valence-corrected chi connectivity index (χ3v) is 4.77. The second-order valence-corrected chi connectivity index (χ2v) is 7.23. The zero-order chi connectivity index (χ0) is 22.5. The summed E-state index contributed by atoms with van der Waals surface area (Å²) in [7, 11) is 1.24. The second-order valence-electron chi connectivity index (χ2n) is 5.97. The highest BCUT2D eigenvalue weighted by molar-refractivity contribution is 9.10. The van der Waals surface area contributed by atoms with Gasteiger partial charge in [0.25, 0.3) is 5.69 Å². The first-order valence-electron chi connectivity index (χ1n) is 8.48. The first-order chi connectivity index (χ1) is 14.8. The summed E-state index contributed by atoms with van der Waals surface area (Å²) in [5.74, 6) is -1.00. The SMILES string of the molecule is COC(=O)COc1c(Cl)cc(/C=N/NC(=O)c2cc3cc([N+](=O)[O-])ccc3o2)cc1Br. The van der Waals surface area contributed by atoms with Gasteiger partial charge in [-0.2, -0.15) is 5.10 Å². The molecule has 2 aromatic carbocycles. The van der Waals surface area contributed by atoms with Gasteiger partial charge in [0, 0.05) is 17.5 Å². The maximum Gasteiger partial charge on any atom is 0.343 e. The number of nitrogens with one attached hydrogen (secondary N) is 1. The molecule has 1 heterocycles. The predicted octanol–water partition coefficient (Wildman–Crippen LogP) is 4.07. The number of non-ortho nitro benzene ring substituents is 1. The van der Waals surface area contributed by atoms with Crippen LogP contribution >= 0.6 is 27.5 Å². The molecular weight excluding hydrogens is 498 g/mol. The molecule has 10 nitrogen and oxygen atoms in total. The van der Waals surface area contributed by atoms with Crippen molar-refractivity contribution in [3.05, 3.63) is 67.3 Å². The summed E-state index contributed by atoms with van der Waals surface area (Å²) in [6.07, 6.45) is 1.34. The summed E-state index contributed by atoms with van der Waals surface area (Å²) in [6, 6.07) is 8.53. The third-order valence-electron chi connectivity index (χ3n) is 3.90. The van der Waals surface area contributed by atoms with Crippen molar-refractivity contribution in [2.75, 3.05) is 13.7 Å². The van der Waals surface area contributed by atoms with Gasteiger partial charge in [0.15, 0.2) is 18.1 Å². The van der Waals surface area contributed by atoms with Crippen LogP contribution in [0.5, 0.6) is 5.75 Å². The van der Waals surface area contributed by atoms with Crippen molar-refractivity contribution in [3.63, 3.8) is 0 Å². The van der Waals surface area contributed by atoms with Gasteiger partial charge in [0.1, 0.15) is 5.58 Å². The van der Waals surface area contributed by atoms with Crippen LogP contribution in [0.2, 0.25) is 5.02 Å². The lowest BCUT2D eigenvalue weighted by molar-refractivity contribution is -0.384. The normalized spacial score (nSPS) is 10.9. The fraction of sp³-hybridized carbons (Fsp3) is 0.105. The van der Waals surface area contributed by atoms with Gasteiger partial charge >= 0.3 is 11.9 Å². The fourth-order valence-electron chi connectivity index (χ4n) is 2.46. The lowest BCUT2D eigenvalue weighted by Gasteiger charge is -2.09. The number of benzene rings is 2. The molecule has 3 aromatic rings. The average molecular weight is 511 g/mol. The highest BCUT2D eigenvalue weighted by Crippen LogP contribution is 2.34. The Hall–Kier alpha value is -3.44. The van der Waals surface area contributed by atoms with Crippen molar-refractivity contribution < 1.29 is 28.4 Å². The smallest absolute Gasteiger partial charge is 0.343 e. The van der Waals surface area contributed by atoms with Gasteiger partial charge in [-0.15, -0.1) is 0 Å². The standard InChI is InChI=1S/C19H13BrClN3O7/c1-29-17(25)9-30-18-13(20)4-10(5-14(18)21)8-22-23-19(26)16-7-11-6-12(24(27)28)2-3-15(11)31-16/h2-8H,9H2,1H3,(H,23,26)/b22-8+. The number of halogens is 2. The number of ether oxygens (including phenoxy) is 2. The number of hydrazone groups is 1. The Morgan fingerprint density at radius 1 is 1.32 bits per heavy atom. The van der Waals surface area contributed by atoms with Crippen molar-refractivity contribution in [2.45, 2.75) is 0 Å². The number of rotatable bonds is 7. The maximum absolute atomic E-state index is 12.2. The summed E-state index contributed by atoms with van der Waals surface area (Å²) in [5, 5.41) is 15.3. The number of furan rings is 1. The van der Waals surface area contributed by atoms with E-state index in [1.54, 1.807) is 6.07 Å². The van der Waals surface area contributed by atoms with Crippen LogP contribution < -0.4 is 10.2 Å². The second kappa shape index (κ2) is 9.58. The third kappa shape index (κ3) is 5.38. The van der Waals surface area contributed by atoms with Crippen molar-refractivity contribution >= 4 is 62.3 Å². The van der Waals surface area contributed by atoms with Crippen LogP contribution in [0, 0.1) is 10.1 Å². The molecule has 1 aromatic heterocycles. The minimum atomic E-state index is -0.640. The van der Waals surface area contributed by atoms with Crippen LogP contribution in [0.4, 0.5) is 5.69 Å². The number of carbonyl (C=O) groups is 2. The molecule has 0 saturated heterocycles. The zero-order valence-corrected chi connectivity index (χ0v) is 18.1. The first-order valence-corrected chi connectivity index (χ1v) is 9.65. The number of methoxy groups -OCH3 is 1. The monoisotopic (exact) mass is 509 g/mol. The van der Waals surface area contributed by atoms with E-state index in [4.69, 9.17) is 20.8 Å². The number of carbonyl (C=O) groups excluding carboxylic acids is 2. The summed E-state index contributed by atoms with van der Waals surface area (Å²) in [6.45, 7) is -0.307. The van der Waals surface area contributed by atoms with Crippen molar-refractivity contribution in [1.29, 1.82) is 0 Å². The molecule has 0 aliphatic carbocycles. The Morgan fingerprint density at radius 3 is 2.77 bits per heavy atom. The lowest BCUT2D eigenvalue weighted by atomic mass is 10.2. The van der Waals surface area contributed by atoms with Gasteiger partial charge in [0.05, 0.1) is 27.7 Å². The van der Waals surface area contributed by atoms with Crippen molar-refractivity contribution in [1.82, 2.24) is 5.43 Å². The topological polar surface area (TPSA) is 133 Å². The molecule has 1 amide bonds. The molecule has 12 heteroatoms. The highest BCUT2D eigenvalue weighted by atomic mass is 79.9. The van der Waals surface area contributed by atoms with Gasteiger partial charge in [-0.05, 0) is 45.8 Å². The molecule has 0 unspecified atom stereocenters. The van der Waals surface area contributed by atoms with E-state index in [1.807, 2.05) is 0 Å². The van der Waals surface area contributed by atoms with E-state index in [9.17, 15) is 19.7 Å². The van der Waals surface area contributed by atoms with E-state index in [2.05, 4.69) is 31.2 Å². The number of nitro benzene ring substituents is 1. The van der Waals surface area contributed by atoms with Crippen LogP contribution in [0.25, 0.3) is 11.0 Å². The number of esters is 1. The summed E-state index contributed by atoms with van der Waals surface area (Å²) in [5.41, 5.74) is 3.05. The van der Waals surface area contributed by atoms with Gasteiger partial charge in [0.2, 0.25) is 0 Å². The predicted molar refractivity (Wildman–Crippen MR) is 115 cm³/mol. The minimum Gasteiger partial charge on any atom is -0.479 e. The number of fused-ring (bicyclic) bond motifs is 1. The van der Waals surface area contributed by atoms with Gasteiger partial charge < -0.3 is 13.9 Å². The molecule has 0 bridgehead atoms. The Morgan fingerprint density at radius 2 is 2.10 bits per heavy atom. The van der Waals surface area contributed by atoms with Gasteiger partial charge in [-0.3, -0.25) is 14.9 Å². The largest absolute Gasteiger partial charge is 0.479 e. The first kappa shape index (κ1) is 22.2. The molecule has 0 radical (unpaired) electrons. The molecule has 0 aliphatic rings. The van der Waals surface area contributed by atoms with Crippen molar-refractivity contribution in [3.8, 4) is 5.75 Å². The Bertz CT molecular complexity index is 1190. The van der Waals surface area contributed by atoms with Crippen LogP contribution in [0.3, 0.4) is 0 Å². The van der Waals surface area contributed by atoms with Crippen LogP contribution in [-0.4, -0.2) is 36.7 Å². The van der Waals surface area contributed by atoms with Crippen molar-refractivity contribution in [2.24, 2.45) is 5.10 Å². The molecule has 1 N–H and O–H groups in total. The van der Waals surface area contributed by atoms with E-state index in [-0.39, 0.29) is 28.8 Å². The number of hydrogen-bond acceptors (Lipinski definition) is 8. The van der Waals surface area contributed by atoms with Gasteiger partial charge in [-0.1, -0.05) is 11.6 Å². The lowest BCUT2D eigenvalue weighted by Crippen LogP contribution is -2.16. The minimum absolute atomic E-state index is 0.0570. The molecule has 160 valence electrons. The molecule has 0 aliphatic heterocycles. The average Bonchev–Trinajstić information content (AvgIpc) is 3.16. The van der Waals surface area contributed by atoms with E-state index >= 15 is 0 Å². The number of hydrogen-bond donors (Lipinski definition) is 1. The molecular formula is C19H13BrClN3O7. The fourth-order valence-corrected chi connectivity index (χ4v) is 3.45. The van der Waals surface area contributed by atoms with E-state index < -0.39 is 16.8 Å². The number of amides is 1. The van der Waals surface area contributed by atoms with E-state index in [0.29, 0.717) is 21.0 Å². The molecule has 0 spiro atoms. The number of nitrogens with zero attached hydrogens (tertiary/aromatic N) is 2. The molecule has 0 atom stereocenters. The highest BCUT2D eigenvalue weighted by Gasteiger charge is 2.15. The summed E-state index contributed by atoms with van der Waals surface area (Å²) < 4.78 is 15.7. The molecule has 0 fully saturated rings. The number of nitro groups is 1. The quantitative estimate of drug-likeness (QED) is 0.219. The Labute approximate surface area is 188 Å². The van der Waals surface area contributed by atoms with Gasteiger partial charge in [-0.25, -0.2) is 10.2 Å². The van der Waals surface area contributed by atoms with Crippen LogP contribution in [0.1, 0.15) is 16.1 Å². The summed E-state index contributed by atoms with van der Waals surface area (Å²) >= 11 is 9.45. The summed E-state index contributed by atoms with van der Waals surface area (Å²) in [4.78, 5) is 33.7. The molecule has 31 heavy (non-hydrogen) atoms. The molecule has 0 saturated carbocycles. The Kier molecular flexibility index (Phi) is 6.88. The molecule has 3 rings (SSSR count).